The van der Waals surface area contributed by atoms with Crippen LogP contribution in [-0.4, -0.2) is 25.3 Å². The van der Waals surface area contributed by atoms with Gasteiger partial charge in [0.2, 0.25) is 0 Å². The topological polar surface area (TPSA) is 21.3 Å². The van der Waals surface area contributed by atoms with Crippen molar-refractivity contribution in [2.45, 2.75) is 77.4 Å². The molecule has 1 aliphatic heterocycles. The molecular weight excluding hydrogens is 210 g/mol. The van der Waals surface area contributed by atoms with Gasteiger partial charge in [-0.25, -0.2) is 0 Å². The van der Waals surface area contributed by atoms with Gasteiger partial charge in [0.1, 0.15) is 0 Å². The molecule has 2 rings (SSSR count). The first-order valence-corrected chi connectivity index (χ1v) is 7.51. The molecule has 1 saturated heterocycles. The van der Waals surface area contributed by atoms with Crippen molar-refractivity contribution in [2.75, 3.05) is 13.2 Å². The standard InChI is InChI=1S/C15H29NO/c1-15(2)9-3-6-13(12-15)16-10-4-7-14-8-5-11-17-14/h13-14,16H,3-12H2,1-2H3. The smallest absolute Gasteiger partial charge is 0.0576 e. The van der Waals surface area contributed by atoms with Crippen LogP contribution in [0.3, 0.4) is 0 Å². The summed E-state index contributed by atoms with van der Waals surface area (Å²) in [5.74, 6) is 0. The molecule has 0 aromatic rings. The van der Waals surface area contributed by atoms with Gasteiger partial charge in [-0.2, -0.15) is 0 Å². The number of rotatable bonds is 5. The van der Waals surface area contributed by atoms with E-state index in [1.54, 1.807) is 0 Å². The molecule has 0 spiro atoms. The molecule has 2 heteroatoms. The Balaban J connectivity index is 1.55. The van der Waals surface area contributed by atoms with Crippen LogP contribution in [0.2, 0.25) is 0 Å². The molecule has 1 saturated carbocycles. The van der Waals surface area contributed by atoms with E-state index in [4.69, 9.17) is 4.74 Å². The number of nitrogens with one attached hydrogen (secondary N) is 1. The van der Waals surface area contributed by atoms with E-state index >= 15 is 0 Å². The summed E-state index contributed by atoms with van der Waals surface area (Å²) in [6, 6.07) is 0.767. The minimum Gasteiger partial charge on any atom is -0.378 e. The zero-order valence-corrected chi connectivity index (χ0v) is 11.6. The Kier molecular flexibility index (Phi) is 4.87. The third kappa shape index (κ3) is 4.59. The fraction of sp³-hybridized carbons (Fsp3) is 1.00. The summed E-state index contributed by atoms with van der Waals surface area (Å²) in [6.45, 7) is 7.00. The lowest BCUT2D eigenvalue weighted by Crippen LogP contribution is -2.37. The van der Waals surface area contributed by atoms with Crippen LogP contribution in [0.1, 0.15) is 65.2 Å². The molecule has 0 aromatic carbocycles. The van der Waals surface area contributed by atoms with E-state index in [1.165, 1.54) is 57.9 Å². The Morgan fingerprint density at radius 3 is 2.82 bits per heavy atom. The molecule has 1 aliphatic carbocycles. The Morgan fingerprint density at radius 1 is 1.24 bits per heavy atom. The van der Waals surface area contributed by atoms with Gasteiger partial charge in [0.05, 0.1) is 6.10 Å². The lowest BCUT2D eigenvalue weighted by Gasteiger charge is -2.35. The van der Waals surface area contributed by atoms with Crippen LogP contribution < -0.4 is 5.32 Å². The fourth-order valence-corrected chi connectivity index (χ4v) is 3.38. The van der Waals surface area contributed by atoms with Gasteiger partial charge in [-0.15, -0.1) is 0 Å². The van der Waals surface area contributed by atoms with E-state index in [2.05, 4.69) is 19.2 Å². The Hall–Kier alpha value is -0.0800. The van der Waals surface area contributed by atoms with Crippen LogP contribution in [-0.2, 0) is 4.74 Å². The van der Waals surface area contributed by atoms with Gasteiger partial charge in [-0.1, -0.05) is 20.3 Å². The molecule has 0 radical (unpaired) electrons. The van der Waals surface area contributed by atoms with Crippen LogP contribution >= 0.6 is 0 Å². The maximum Gasteiger partial charge on any atom is 0.0576 e. The summed E-state index contributed by atoms with van der Waals surface area (Å²) >= 11 is 0. The summed E-state index contributed by atoms with van der Waals surface area (Å²) < 4.78 is 5.65. The van der Waals surface area contributed by atoms with Gasteiger partial charge in [-0.3, -0.25) is 0 Å². The first-order chi connectivity index (χ1) is 8.16. The molecule has 100 valence electrons. The molecule has 2 nitrogen and oxygen atoms in total. The van der Waals surface area contributed by atoms with Crippen LogP contribution in [0.4, 0.5) is 0 Å². The molecule has 2 unspecified atom stereocenters. The van der Waals surface area contributed by atoms with Gasteiger partial charge in [0.15, 0.2) is 0 Å². The molecule has 1 heterocycles. The molecule has 2 atom stereocenters. The first kappa shape index (κ1) is 13.4. The van der Waals surface area contributed by atoms with Crippen molar-refractivity contribution in [3.05, 3.63) is 0 Å². The molecule has 0 aromatic heterocycles. The summed E-state index contributed by atoms with van der Waals surface area (Å²) in [6.07, 6.45) is 11.2. The van der Waals surface area contributed by atoms with E-state index in [0.29, 0.717) is 11.5 Å². The molecule has 2 aliphatic rings. The van der Waals surface area contributed by atoms with E-state index in [9.17, 15) is 0 Å². The highest BCUT2D eigenvalue weighted by Gasteiger charge is 2.27. The Bertz CT molecular complexity index is 221. The second-order valence-corrected chi connectivity index (χ2v) is 6.69. The monoisotopic (exact) mass is 239 g/mol. The van der Waals surface area contributed by atoms with Crippen LogP contribution in [0.25, 0.3) is 0 Å². The minimum atomic E-state index is 0.560. The molecule has 0 bridgehead atoms. The zero-order valence-electron chi connectivity index (χ0n) is 11.6. The predicted molar refractivity (Wildman–Crippen MR) is 72.2 cm³/mol. The second-order valence-electron chi connectivity index (χ2n) is 6.69. The van der Waals surface area contributed by atoms with Gasteiger partial charge < -0.3 is 10.1 Å². The van der Waals surface area contributed by atoms with E-state index < -0.39 is 0 Å². The summed E-state index contributed by atoms with van der Waals surface area (Å²) in [7, 11) is 0. The number of hydrogen-bond donors (Lipinski definition) is 1. The fourth-order valence-electron chi connectivity index (χ4n) is 3.38. The molecule has 17 heavy (non-hydrogen) atoms. The van der Waals surface area contributed by atoms with Crippen molar-refractivity contribution in [3.8, 4) is 0 Å². The summed E-state index contributed by atoms with van der Waals surface area (Å²) in [4.78, 5) is 0. The molecule has 2 fully saturated rings. The normalized spacial score (nSPS) is 32.8. The Morgan fingerprint density at radius 2 is 2.12 bits per heavy atom. The first-order valence-electron chi connectivity index (χ1n) is 7.51. The largest absolute Gasteiger partial charge is 0.378 e. The van der Waals surface area contributed by atoms with E-state index in [0.717, 1.165) is 12.6 Å². The number of hydrogen-bond acceptors (Lipinski definition) is 2. The van der Waals surface area contributed by atoms with Crippen LogP contribution in [0.15, 0.2) is 0 Å². The molecule has 0 amide bonds. The second kappa shape index (κ2) is 6.19. The maximum absolute atomic E-state index is 5.65. The highest BCUT2D eigenvalue weighted by Crippen LogP contribution is 2.35. The van der Waals surface area contributed by atoms with Gasteiger partial charge in [-0.05, 0) is 56.9 Å². The van der Waals surface area contributed by atoms with Crippen molar-refractivity contribution in [1.82, 2.24) is 5.32 Å². The summed E-state index contributed by atoms with van der Waals surface area (Å²) in [5.41, 5.74) is 0.560. The maximum atomic E-state index is 5.65. The van der Waals surface area contributed by atoms with Gasteiger partial charge in [0.25, 0.3) is 0 Å². The lowest BCUT2D eigenvalue weighted by atomic mass is 9.75. The van der Waals surface area contributed by atoms with Crippen molar-refractivity contribution >= 4 is 0 Å². The lowest BCUT2D eigenvalue weighted by molar-refractivity contribution is 0.102. The van der Waals surface area contributed by atoms with Crippen molar-refractivity contribution < 1.29 is 4.74 Å². The molecule has 1 N–H and O–H groups in total. The average molecular weight is 239 g/mol. The van der Waals surface area contributed by atoms with Crippen molar-refractivity contribution in [2.24, 2.45) is 5.41 Å². The van der Waals surface area contributed by atoms with Crippen LogP contribution in [0, 0.1) is 5.41 Å². The third-order valence-electron chi connectivity index (χ3n) is 4.37. The van der Waals surface area contributed by atoms with Crippen LogP contribution in [0.5, 0.6) is 0 Å². The quantitative estimate of drug-likeness (QED) is 0.741. The predicted octanol–water partition coefficient (Wildman–Crippen LogP) is 3.50. The van der Waals surface area contributed by atoms with Gasteiger partial charge in [0, 0.05) is 12.6 Å². The average Bonchev–Trinajstić information content (AvgIpc) is 2.76. The molecular formula is C15H29NO. The number of ether oxygens (including phenoxy) is 1. The Labute approximate surface area is 107 Å². The van der Waals surface area contributed by atoms with Crippen molar-refractivity contribution in [1.29, 1.82) is 0 Å². The highest BCUT2D eigenvalue weighted by atomic mass is 16.5. The SMILES string of the molecule is CC1(C)CCCC(NCCCC2CCCO2)C1. The van der Waals surface area contributed by atoms with Gasteiger partial charge >= 0.3 is 0 Å². The third-order valence-corrected chi connectivity index (χ3v) is 4.37. The minimum absolute atomic E-state index is 0.560. The highest BCUT2D eigenvalue weighted by molar-refractivity contribution is 4.83. The van der Waals surface area contributed by atoms with E-state index in [1.807, 2.05) is 0 Å². The summed E-state index contributed by atoms with van der Waals surface area (Å²) in [5, 5.41) is 3.75. The van der Waals surface area contributed by atoms with E-state index in [-0.39, 0.29) is 0 Å². The van der Waals surface area contributed by atoms with Crippen molar-refractivity contribution in [3.63, 3.8) is 0 Å². The zero-order chi connectivity index (χ0) is 12.1.